The largest absolute Gasteiger partial charge is 0.419 e. The predicted octanol–water partition coefficient (Wildman–Crippen LogP) is 6.13. The number of halogens is 4. The highest BCUT2D eigenvalue weighted by atomic mass is 19.4. The van der Waals surface area contributed by atoms with Crippen molar-refractivity contribution in [1.82, 2.24) is 19.4 Å². The van der Waals surface area contributed by atoms with Crippen LogP contribution in [0.15, 0.2) is 48.9 Å². The van der Waals surface area contributed by atoms with E-state index in [0.29, 0.717) is 0 Å². The lowest BCUT2D eigenvalue weighted by molar-refractivity contribution is -0.136. The SMILES string of the molecule is C[C@H](Nc1ncc(F)c(-c2cnc3c(C(F)(F)F)cccn23)n1)c1cc[c]c(NC(C)(C)C)c1. The molecule has 0 saturated heterocycles. The van der Waals surface area contributed by atoms with Crippen LogP contribution in [0.5, 0.6) is 0 Å². The molecule has 0 aliphatic carbocycles. The number of anilines is 2. The summed E-state index contributed by atoms with van der Waals surface area (Å²) in [6.45, 7) is 8.02. The highest BCUT2D eigenvalue weighted by molar-refractivity contribution is 5.64. The Hall–Kier alpha value is -3.69. The van der Waals surface area contributed by atoms with Gasteiger partial charge < -0.3 is 10.6 Å². The lowest BCUT2D eigenvalue weighted by Crippen LogP contribution is -2.26. The normalized spacial score (nSPS) is 13.2. The number of hydrogen-bond donors (Lipinski definition) is 2. The van der Waals surface area contributed by atoms with Crippen molar-refractivity contribution in [2.45, 2.75) is 45.5 Å². The van der Waals surface area contributed by atoms with E-state index in [4.69, 9.17) is 0 Å². The van der Waals surface area contributed by atoms with Crippen LogP contribution in [0.4, 0.5) is 29.2 Å². The zero-order valence-electron chi connectivity index (χ0n) is 19.0. The Kier molecular flexibility index (Phi) is 5.93. The van der Waals surface area contributed by atoms with Gasteiger partial charge >= 0.3 is 6.18 Å². The molecular formula is C24H23F4N6. The number of nitrogens with one attached hydrogen (secondary N) is 2. The van der Waals surface area contributed by atoms with Gasteiger partial charge in [0.2, 0.25) is 5.95 Å². The molecule has 3 aromatic heterocycles. The van der Waals surface area contributed by atoms with Gasteiger partial charge in [-0.3, -0.25) is 4.40 Å². The van der Waals surface area contributed by atoms with Crippen molar-refractivity contribution in [3.8, 4) is 11.4 Å². The molecule has 34 heavy (non-hydrogen) atoms. The highest BCUT2D eigenvalue weighted by Crippen LogP contribution is 2.34. The zero-order valence-corrected chi connectivity index (χ0v) is 19.0. The first kappa shape index (κ1) is 23.5. The minimum atomic E-state index is -4.59. The number of aromatic nitrogens is 4. The number of rotatable bonds is 5. The molecule has 0 bridgehead atoms. The first-order chi connectivity index (χ1) is 15.9. The molecule has 1 atom stereocenters. The molecule has 0 amide bonds. The van der Waals surface area contributed by atoms with Crippen LogP contribution in [-0.4, -0.2) is 24.9 Å². The maximum Gasteiger partial charge on any atom is 0.419 e. The quantitative estimate of drug-likeness (QED) is 0.343. The van der Waals surface area contributed by atoms with E-state index < -0.39 is 17.6 Å². The van der Waals surface area contributed by atoms with Crippen molar-refractivity contribution >= 4 is 17.3 Å². The maximum absolute atomic E-state index is 14.6. The molecule has 0 saturated carbocycles. The number of fused-ring (bicyclic) bond motifs is 1. The van der Waals surface area contributed by atoms with Crippen molar-refractivity contribution < 1.29 is 17.6 Å². The molecule has 4 aromatic rings. The Morgan fingerprint density at radius 2 is 1.85 bits per heavy atom. The number of imidazole rings is 1. The molecule has 3 heterocycles. The lowest BCUT2D eigenvalue weighted by atomic mass is 10.1. The van der Waals surface area contributed by atoms with Crippen LogP contribution < -0.4 is 10.6 Å². The van der Waals surface area contributed by atoms with E-state index >= 15 is 0 Å². The summed E-state index contributed by atoms with van der Waals surface area (Å²) in [5, 5.41) is 6.47. The first-order valence-corrected chi connectivity index (χ1v) is 10.5. The van der Waals surface area contributed by atoms with Crippen LogP contribution >= 0.6 is 0 Å². The molecule has 1 aromatic carbocycles. The van der Waals surface area contributed by atoms with E-state index in [1.165, 1.54) is 22.9 Å². The molecule has 2 N–H and O–H groups in total. The maximum atomic E-state index is 14.6. The second-order valence-corrected chi connectivity index (χ2v) is 8.92. The molecule has 0 aliphatic rings. The van der Waals surface area contributed by atoms with Crippen LogP contribution in [0.3, 0.4) is 0 Å². The van der Waals surface area contributed by atoms with Crippen LogP contribution in [-0.2, 0) is 6.18 Å². The van der Waals surface area contributed by atoms with Gasteiger partial charge in [-0.2, -0.15) is 13.2 Å². The zero-order chi connectivity index (χ0) is 24.7. The van der Waals surface area contributed by atoms with Gasteiger partial charge in [-0.05, 0) is 51.5 Å². The number of alkyl halides is 3. The van der Waals surface area contributed by atoms with Crippen molar-refractivity contribution in [3.63, 3.8) is 0 Å². The molecule has 177 valence electrons. The van der Waals surface area contributed by atoms with Gasteiger partial charge in [0.1, 0.15) is 11.3 Å². The van der Waals surface area contributed by atoms with E-state index in [2.05, 4.69) is 31.7 Å². The standard InChI is InChI=1S/C24H23F4N6/c1-14(15-7-5-8-16(11-15)33-23(2,3)4)31-22-30-12-18(25)20(32-22)19-13-29-21-17(24(26,27)28)9-6-10-34(19)21/h5-7,9-14,33H,1-4H3,(H,30,31,32)/t14-/m0/s1. The third-order valence-corrected chi connectivity index (χ3v) is 5.01. The minimum Gasteiger partial charge on any atom is -0.380 e. The van der Waals surface area contributed by atoms with Gasteiger partial charge in [0.25, 0.3) is 0 Å². The van der Waals surface area contributed by atoms with Crippen LogP contribution in [0, 0.1) is 11.9 Å². The molecule has 0 unspecified atom stereocenters. The average Bonchev–Trinajstić information content (AvgIpc) is 3.17. The van der Waals surface area contributed by atoms with Gasteiger partial charge in [-0.15, -0.1) is 0 Å². The lowest BCUT2D eigenvalue weighted by Gasteiger charge is -2.23. The number of hydrogen-bond acceptors (Lipinski definition) is 5. The van der Waals surface area contributed by atoms with Crippen LogP contribution in [0.25, 0.3) is 17.0 Å². The van der Waals surface area contributed by atoms with E-state index in [1.54, 1.807) is 6.07 Å². The van der Waals surface area contributed by atoms with Gasteiger partial charge in [0.15, 0.2) is 5.82 Å². The molecule has 0 fully saturated rings. The Morgan fingerprint density at radius 3 is 2.56 bits per heavy atom. The Bertz CT molecular complexity index is 1320. The fraction of sp³-hybridized carbons (Fsp3) is 0.292. The molecule has 6 nitrogen and oxygen atoms in total. The Morgan fingerprint density at radius 1 is 1.09 bits per heavy atom. The molecule has 1 radical (unpaired) electrons. The Labute approximate surface area is 194 Å². The first-order valence-electron chi connectivity index (χ1n) is 10.5. The van der Waals surface area contributed by atoms with E-state index in [1.807, 2.05) is 39.8 Å². The third-order valence-electron chi connectivity index (χ3n) is 5.01. The third kappa shape index (κ3) is 4.95. The second kappa shape index (κ2) is 8.58. The monoisotopic (exact) mass is 471 g/mol. The van der Waals surface area contributed by atoms with Crippen molar-refractivity contribution in [2.24, 2.45) is 0 Å². The van der Waals surface area contributed by atoms with Gasteiger partial charge in [-0.1, -0.05) is 12.1 Å². The summed E-state index contributed by atoms with van der Waals surface area (Å²) in [6.07, 6.45) is -1.06. The summed E-state index contributed by atoms with van der Waals surface area (Å²) < 4.78 is 55.8. The van der Waals surface area contributed by atoms with Gasteiger partial charge in [0.05, 0.1) is 29.7 Å². The number of benzene rings is 1. The predicted molar refractivity (Wildman–Crippen MR) is 122 cm³/mol. The van der Waals surface area contributed by atoms with Crippen molar-refractivity contribution in [3.05, 3.63) is 71.9 Å². The summed E-state index contributed by atoms with van der Waals surface area (Å²) in [4.78, 5) is 12.1. The Balaban J connectivity index is 1.65. The second-order valence-electron chi connectivity index (χ2n) is 8.92. The fourth-order valence-electron chi connectivity index (χ4n) is 3.53. The summed E-state index contributed by atoms with van der Waals surface area (Å²) >= 11 is 0. The highest BCUT2D eigenvalue weighted by Gasteiger charge is 2.34. The summed E-state index contributed by atoms with van der Waals surface area (Å²) in [7, 11) is 0. The van der Waals surface area contributed by atoms with Crippen molar-refractivity contribution in [2.75, 3.05) is 10.6 Å². The topological polar surface area (TPSA) is 67.1 Å². The number of nitrogens with zero attached hydrogens (tertiary/aromatic N) is 4. The molecule has 0 aliphatic heterocycles. The van der Waals surface area contributed by atoms with E-state index in [-0.39, 0.29) is 34.6 Å². The molecule has 0 spiro atoms. The van der Waals surface area contributed by atoms with Crippen LogP contribution in [0.1, 0.15) is 44.9 Å². The minimum absolute atomic E-state index is 0.0858. The molecular weight excluding hydrogens is 448 g/mol. The van der Waals surface area contributed by atoms with Gasteiger partial charge in [0, 0.05) is 23.5 Å². The fourth-order valence-corrected chi connectivity index (χ4v) is 3.53. The van der Waals surface area contributed by atoms with E-state index in [9.17, 15) is 17.6 Å². The number of pyridine rings is 1. The smallest absolute Gasteiger partial charge is 0.380 e. The summed E-state index contributed by atoms with van der Waals surface area (Å²) in [5.41, 5.74) is 0.292. The van der Waals surface area contributed by atoms with Crippen molar-refractivity contribution in [1.29, 1.82) is 0 Å². The average molecular weight is 471 g/mol. The molecule has 4 rings (SSSR count). The summed E-state index contributed by atoms with van der Waals surface area (Å²) in [5.74, 6) is -0.646. The van der Waals surface area contributed by atoms with E-state index in [0.717, 1.165) is 23.5 Å². The summed E-state index contributed by atoms with van der Waals surface area (Å²) in [6, 6.07) is 10.7. The van der Waals surface area contributed by atoms with Gasteiger partial charge in [-0.25, -0.2) is 19.3 Å². The van der Waals surface area contributed by atoms with Crippen LogP contribution in [0.2, 0.25) is 0 Å². The molecule has 10 heteroatoms.